The maximum absolute atomic E-state index is 11.5. The van der Waals surface area contributed by atoms with E-state index in [1.54, 1.807) is 26.8 Å². The lowest BCUT2D eigenvalue weighted by Gasteiger charge is -2.19. The zero-order valence-corrected chi connectivity index (χ0v) is 11.7. The number of methoxy groups -OCH3 is 1. The molecule has 0 aliphatic heterocycles. The highest BCUT2D eigenvalue weighted by molar-refractivity contribution is 6.31. The van der Waals surface area contributed by atoms with Crippen LogP contribution in [-0.4, -0.2) is 23.8 Å². The van der Waals surface area contributed by atoms with Gasteiger partial charge in [0.25, 0.3) is 0 Å². The molecule has 5 nitrogen and oxygen atoms in total. The van der Waals surface area contributed by atoms with E-state index in [0.717, 1.165) is 5.56 Å². The fourth-order valence-corrected chi connectivity index (χ4v) is 1.36. The molecule has 0 aliphatic rings. The molecule has 0 radical (unpaired) electrons. The Morgan fingerprint density at radius 3 is 2.72 bits per heavy atom. The van der Waals surface area contributed by atoms with Gasteiger partial charge < -0.3 is 14.8 Å². The molecule has 1 aromatic rings. The van der Waals surface area contributed by atoms with Crippen LogP contribution in [0.1, 0.15) is 26.3 Å². The van der Waals surface area contributed by atoms with Gasteiger partial charge in [-0.3, -0.25) is 0 Å². The van der Waals surface area contributed by atoms with Crippen molar-refractivity contribution >= 4 is 17.7 Å². The van der Waals surface area contributed by atoms with Gasteiger partial charge in [0.2, 0.25) is 5.88 Å². The first-order valence-corrected chi connectivity index (χ1v) is 5.85. The second kappa shape index (κ2) is 5.91. The highest BCUT2D eigenvalue weighted by Gasteiger charge is 2.16. The molecule has 0 spiro atoms. The van der Waals surface area contributed by atoms with Crippen molar-refractivity contribution in [1.29, 1.82) is 0 Å². The minimum Gasteiger partial charge on any atom is -0.481 e. The summed E-state index contributed by atoms with van der Waals surface area (Å²) in [6, 6.07) is 1.67. The van der Waals surface area contributed by atoms with Crippen LogP contribution < -0.4 is 10.1 Å². The number of nitrogens with one attached hydrogen (secondary N) is 1. The van der Waals surface area contributed by atoms with Crippen molar-refractivity contribution in [2.45, 2.75) is 32.9 Å². The Balaban J connectivity index is 2.60. The molecule has 0 unspecified atom stereocenters. The van der Waals surface area contributed by atoms with Crippen LogP contribution in [-0.2, 0) is 11.3 Å². The smallest absolute Gasteiger partial charge is 0.407 e. The van der Waals surface area contributed by atoms with Crippen molar-refractivity contribution < 1.29 is 14.3 Å². The lowest BCUT2D eigenvalue weighted by Crippen LogP contribution is -2.32. The van der Waals surface area contributed by atoms with E-state index in [2.05, 4.69) is 10.3 Å². The van der Waals surface area contributed by atoms with Gasteiger partial charge >= 0.3 is 6.09 Å². The topological polar surface area (TPSA) is 60.5 Å². The number of nitrogens with zero attached hydrogens (tertiary/aromatic N) is 1. The van der Waals surface area contributed by atoms with Crippen molar-refractivity contribution in [3.63, 3.8) is 0 Å². The maximum Gasteiger partial charge on any atom is 0.407 e. The number of carbonyl (C=O) groups is 1. The van der Waals surface area contributed by atoms with Gasteiger partial charge in [0.1, 0.15) is 5.60 Å². The van der Waals surface area contributed by atoms with E-state index in [1.165, 1.54) is 13.3 Å². The molecule has 1 aromatic heterocycles. The molecule has 0 aliphatic carbocycles. The molecule has 0 saturated heterocycles. The molecule has 0 aromatic carbocycles. The summed E-state index contributed by atoms with van der Waals surface area (Å²) in [4.78, 5) is 15.4. The Bertz CT molecular complexity index is 430. The van der Waals surface area contributed by atoms with E-state index < -0.39 is 11.7 Å². The van der Waals surface area contributed by atoms with Gasteiger partial charge in [-0.05, 0) is 26.3 Å². The average molecular weight is 273 g/mol. The number of ether oxygens (including phenoxy) is 2. The van der Waals surface area contributed by atoms with Crippen LogP contribution >= 0.6 is 11.6 Å². The van der Waals surface area contributed by atoms with Crippen molar-refractivity contribution in [3.05, 3.63) is 22.8 Å². The third-order valence-corrected chi connectivity index (χ3v) is 2.28. The number of rotatable bonds is 3. The van der Waals surface area contributed by atoms with Crippen LogP contribution in [0.3, 0.4) is 0 Å². The molecule has 0 fully saturated rings. The molecule has 100 valence electrons. The Kier molecular flexibility index (Phi) is 4.78. The summed E-state index contributed by atoms with van der Waals surface area (Å²) in [5.74, 6) is 0.445. The van der Waals surface area contributed by atoms with Crippen LogP contribution in [0.5, 0.6) is 5.88 Å². The van der Waals surface area contributed by atoms with Gasteiger partial charge in [0, 0.05) is 18.8 Å². The van der Waals surface area contributed by atoms with Gasteiger partial charge in [-0.25, -0.2) is 9.78 Å². The van der Waals surface area contributed by atoms with Crippen LogP contribution in [0.25, 0.3) is 0 Å². The van der Waals surface area contributed by atoms with Crippen molar-refractivity contribution in [2.24, 2.45) is 0 Å². The van der Waals surface area contributed by atoms with Crippen molar-refractivity contribution in [2.75, 3.05) is 7.11 Å². The van der Waals surface area contributed by atoms with Crippen LogP contribution in [0.2, 0.25) is 5.02 Å². The van der Waals surface area contributed by atoms with Crippen LogP contribution in [0.4, 0.5) is 4.79 Å². The van der Waals surface area contributed by atoms with Gasteiger partial charge in [0.15, 0.2) is 0 Å². The Morgan fingerprint density at radius 2 is 2.17 bits per heavy atom. The summed E-state index contributed by atoms with van der Waals surface area (Å²) in [6.07, 6.45) is 0.987. The quantitative estimate of drug-likeness (QED) is 0.919. The minimum atomic E-state index is -0.524. The number of amides is 1. The van der Waals surface area contributed by atoms with Gasteiger partial charge in [0.05, 0.1) is 12.1 Å². The zero-order valence-electron chi connectivity index (χ0n) is 10.9. The SMILES string of the molecule is COc1cc(CNC(=O)OC(C)(C)C)c(Cl)cn1. The predicted octanol–water partition coefficient (Wildman–Crippen LogP) is 2.77. The maximum atomic E-state index is 11.5. The summed E-state index contributed by atoms with van der Waals surface area (Å²) in [5.41, 5.74) is 0.193. The van der Waals surface area contributed by atoms with Crippen molar-refractivity contribution in [3.8, 4) is 5.88 Å². The molecule has 1 heterocycles. The van der Waals surface area contributed by atoms with Crippen LogP contribution in [0, 0.1) is 0 Å². The summed E-state index contributed by atoms with van der Waals surface area (Å²) in [7, 11) is 1.52. The molecule has 1 rings (SSSR count). The first kappa shape index (κ1) is 14.6. The summed E-state index contributed by atoms with van der Waals surface area (Å²) >= 11 is 5.96. The minimum absolute atomic E-state index is 0.257. The van der Waals surface area contributed by atoms with Crippen molar-refractivity contribution in [1.82, 2.24) is 10.3 Å². The molecule has 0 saturated carbocycles. The molecule has 0 bridgehead atoms. The van der Waals surface area contributed by atoms with E-state index in [0.29, 0.717) is 10.9 Å². The average Bonchev–Trinajstić information content (AvgIpc) is 2.25. The first-order valence-electron chi connectivity index (χ1n) is 5.47. The molecule has 18 heavy (non-hydrogen) atoms. The van der Waals surface area contributed by atoms with Crippen LogP contribution in [0.15, 0.2) is 12.3 Å². The first-order chi connectivity index (χ1) is 8.31. The van der Waals surface area contributed by atoms with E-state index in [9.17, 15) is 4.79 Å². The number of alkyl carbamates (subject to hydrolysis) is 1. The fraction of sp³-hybridized carbons (Fsp3) is 0.500. The normalized spacial score (nSPS) is 10.9. The zero-order chi connectivity index (χ0) is 13.8. The highest BCUT2D eigenvalue weighted by Crippen LogP contribution is 2.19. The Morgan fingerprint density at radius 1 is 1.50 bits per heavy atom. The largest absolute Gasteiger partial charge is 0.481 e. The molecular weight excluding hydrogens is 256 g/mol. The van der Waals surface area contributed by atoms with Gasteiger partial charge in [-0.15, -0.1) is 0 Å². The number of halogens is 1. The number of pyridine rings is 1. The molecular formula is C12H17ClN2O3. The Labute approximate surface area is 111 Å². The number of hydrogen-bond donors (Lipinski definition) is 1. The van der Waals surface area contributed by atoms with Gasteiger partial charge in [-0.2, -0.15) is 0 Å². The summed E-state index contributed by atoms with van der Waals surface area (Å²) in [6.45, 7) is 5.66. The monoisotopic (exact) mass is 272 g/mol. The lowest BCUT2D eigenvalue weighted by molar-refractivity contribution is 0.0523. The number of aromatic nitrogens is 1. The highest BCUT2D eigenvalue weighted by atomic mass is 35.5. The molecule has 1 amide bonds. The lowest BCUT2D eigenvalue weighted by atomic mass is 10.2. The van der Waals surface area contributed by atoms with E-state index in [1.807, 2.05) is 0 Å². The van der Waals surface area contributed by atoms with E-state index in [4.69, 9.17) is 21.1 Å². The third kappa shape index (κ3) is 4.79. The molecule has 1 N–H and O–H groups in total. The molecule has 6 heteroatoms. The predicted molar refractivity (Wildman–Crippen MR) is 68.9 cm³/mol. The summed E-state index contributed by atoms with van der Waals surface area (Å²) in [5, 5.41) is 3.08. The van der Waals surface area contributed by atoms with E-state index >= 15 is 0 Å². The second-order valence-corrected chi connectivity index (χ2v) is 5.08. The number of hydrogen-bond acceptors (Lipinski definition) is 4. The van der Waals surface area contributed by atoms with Gasteiger partial charge in [-0.1, -0.05) is 11.6 Å². The second-order valence-electron chi connectivity index (χ2n) is 4.67. The number of carbonyl (C=O) groups excluding carboxylic acids is 1. The fourth-order valence-electron chi connectivity index (χ4n) is 1.19. The third-order valence-electron chi connectivity index (χ3n) is 1.94. The molecule has 0 atom stereocenters. The standard InChI is InChI=1S/C12H17ClN2O3/c1-12(2,3)18-11(16)15-6-8-5-10(17-4)14-7-9(8)13/h5,7H,6H2,1-4H3,(H,15,16). The van der Waals surface area contributed by atoms with E-state index in [-0.39, 0.29) is 6.54 Å². The summed E-state index contributed by atoms with van der Waals surface area (Å²) < 4.78 is 10.1. The Hall–Kier alpha value is -1.49.